The van der Waals surface area contributed by atoms with Crippen LogP contribution >= 0.6 is 0 Å². The largest absolute Gasteiger partial charge is 0.501 e. The van der Waals surface area contributed by atoms with E-state index in [0.717, 1.165) is 38.2 Å². The highest BCUT2D eigenvalue weighted by atomic mass is 16.3. The lowest BCUT2D eigenvalue weighted by Gasteiger charge is -2.31. The van der Waals surface area contributed by atoms with Gasteiger partial charge < -0.3 is 20.7 Å². The number of carbonyl (C=O) groups is 2. The fourth-order valence-electron chi connectivity index (χ4n) is 2.79. The van der Waals surface area contributed by atoms with E-state index < -0.39 is 17.2 Å². The van der Waals surface area contributed by atoms with Crippen molar-refractivity contribution in [2.45, 2.75) is 46.0 Å². The van der Waals surface area contributed by atoms with Crippen LogP contribution in [0.15, 0.2) is 28.8 Å². The Kier molecular flexibility index (Phi) is 8.45. The summed E-state index contributed by atoms with van der Waals surface area (Å²) in [7, 11) is 0. The topological polar surface area (TPSA) is 127 Å². The predicted molar refractivity (Wildman–Crippen MR) is 109 cm³/mol. The van der Waals surface area contributed by atoms with Crippen molar-refractivity contribution in [3.05, 3.63) is 45.9 Å². The Morgan fingerprint density at radius 2 is 2.10 bits per heavy atom. The molecule has 0 bridgehead atoms. The molecule has 0 spiro atoms. The Morgan fingerprint density at radius 1 is 1.31 bits per heavy atom. The molecule has 0 radical (unpaired) electrons. The number of aromatic amines is 1. The highest BCUT2D eigenvalue weighted by Crippen LogP contribution is 2.12. The van der Waals surface area contributed by atoms with E-state index in [1.165, 1.54) is 0 Å². The number of nitrogens with zero attached hydrogens (tertiary/aromatic N) is 2. The Hall–Kier alpha value is -3.10. The number of fused-ring (bicyclic) bond motifs is 1. The molecule has 0 aliphatic carbocycles. The van der Waals surface area contributed by atoms with Crippen molar-refractivity contribution in [2.24, 2.45) is 0 Å². The molecule has 4 N–H and O–H groups in total. The molecule has 158 valence electrons. The van der Waals surface area contributed by atoms with E-state index in [1.807, 2.05) is 32.1 Å². The summed E-state index contributed by atoms with van der Waals surface area (Å²) in [6.45, 7) is 5.91. The van der Waals surface area contributed by atoms with E-state index in [1.54, 1.807) is 4.90 Å². The van der Waals surface area contributed by atoms with E-state index in [0.29, 0.717) is 25.2 Å². The van der Waals surface area contributed by atoms with Gasteiger partial charge >= 0.3 is 0 Å². The van der Waals surface area contributed by atoms with Crippen LogP contribution in [0.1, 0.15) is 55.8 Å². The molecular formula is C20H29N5O4. The van der Waals surface area contributed by atoms with Crippen molar-refractivity contribution < 1.29 is 14.7 Å². The van der Waals surface area contributed by atoms with Gasteiger partial charge in [-0.1, -0.05) is 32.4 Å². The molecule has 2 amide bonds. The minimum absolute atomic E-state index is 0.196. The van der Waals surface area contributed by atoms with Crippen molar-refractivity contribution in [3.63, 3.8) is 0 Å². The number of hydrogen-bond donors (Lipinski definition) is 4. The minimum Gasteiger partial charge on any atom is -0.501 e. The Bertz CT molecular complexity index is 844. The normalized spacial score (nSPS) is 14.9. The summed E-state index contributed by atoms with van der Waals surface area (Å²) in [5, 5.41) is 15.3. The molecule has 2 aliphatic heterocycles. The molecule has 0 unspecified atom stereocenters. The van der Waals surface area contributed by atoms with Gasteiger partial charge in [0, 0.05) is 32.5 Å². The van der Waals surface area contributed by atoms with E-state index in [9.17, 15) is 19.5 Å². The molecule has 3 rings (SSSR count). The molecule has 29 heavy (non-hydrogen) atoms. The van der Waals surface area contributed by atoms with Crippen LogP contribution in [0.2, 0.25) is 0 Å². The zero-order valence-corrected chi connectivity index (χ0v) is 17.0. The highest BCUT2D eigenvalue weighted by Gasteiger charge is 2.22. The Balaban J connectivity index is 0.000000230. The molecule has 1 aromatic heterocycles. The first-order chi connectivity index (χ1) is 14.0. The third-order valence-corrected chi connectivity index (χ3v) is 4.38. The molecule has 2 aliphatic rings. The van der Waals surface area contributed by atoms with Crippen molar-refractivity contribution >= 4 is 11.8 Å². The molecule has 0 atom stereocenters. The molecule has 1 saturated heterocycles. The van der Waals surface area contributed by atoms with Gasteiger partial charge in [-0.15, -0.1) is 0 Å². The average Bonchev–Trinajstić information content (AvgIpc) is 2.73. The van der Waals surface area contributed by atoms with E-state index in [2.05, 4.69) is 20.6 Å². The van der Waals surface area contributed by atoms with Gasteiger partial charge in [-0.25, -0.2) is 4.98 Å². The SMILES string of the molecule is CCCCc1nc(C(=O)NCCC)c(O)c(=O)[nH]1.O=C1CCNC2=CC=CCN12. The number of allylic oxidation sites excluding steroid dienone is 2. The predicted octanol–water partition coefficient (Wildman–Crippen LogP) is 1.18. The fourth-order valence-corrected chi connectivity index (χ4v) is 2.79. The lowest BCUT2D eigenvalue weighted by molar-refractivity contribution is -0.130. The number of aromatic nitrogens is 2. The minimum atomic E-state index is -0.669. The number of unbranched alkanes of at least 4 members (excludes halogenated alkanes) is 1. The molecular weight excluding hydrogens is 374 g/mol. The summed E-state index contributed by atoms with van der Waals surface area (Å²) in [6, 6.07) is 0. The van der Waals surface area contributed by atoms with Gasteiger partial charge in [-0.2, -0.15) is 0 Å². The lowest BCUT2D eigenvalue weighted by atomic mass is 10.2. The van der Waals surface area contributed by atoms with Gasteiger partial charge in [0.15, 0.2) is 5.69 Å². The summed E-state index contributed by atoms with van der Waals surface area (Å²) in [5.41, 5.74) is -0.865. The summed E-state index contributed by atoms with van der Waals surface area (Å²) >= 11 is 0. The van der Waals surface area contributed by atoms with Crippen LogP contribution in [0.25, 0.3) is 0 Å². The first-order valence-corrected chi connectivity index (χ1v) is 9.99. The zero-order valence-electron chi connectivity index (χ0n) is 17.0. The van der Waals surface area contributed by atoms with Gasteiger partial charge in [0.05, 0.1) is 0 Å². The lowest BCUT2D eigenvalue weighted by Crippen LogP contribution is -2.44. The molecule has 0 aromatic carbocycles. The van der Waals surface area contributed by atoms with Crippen LogP contribution in [0, 0.1) is 0 Å². The van der Waals surface area contributed by atoms with Crippen LogP contribution in [-0.4, -0.2) is 51.4 Å². The van der Waals surface area contributed by atoms with Gasteiger partial charge in [-0.3, -0.25) is 19.3 Å². The molecule has 0 saturated carbocycles. The molecule has 1 fully saturated rings. The Labute approximate surface area is 169 Å². The quantitative estimate of drug-likeness (QED) is 0.565. The zero-order chi connectivity index (χ0) is 21.2. The maximum atomic E-state index is 11.7. The van der Waals surface area contributed by atoms with Gasteiger partial charge in [0.25, 0.3) is 11.5 Å². The van der Waals surface area contributed by atoms with E-state index in [4.69, 9.17) is 0 Å². The van der Waals surface area contributed by atoms with Crippen LogP contribution < -0.4 is 16.2 Å². The highest BCUT2D eigenvalue weighted by molar-refractivity contribution is 5.94. The van der Waals surface area contributed by atoms with Crippen LogP contribution in [-0.2, 0) is 11.2 Å². The number of aromatic hydroxyl groups is 1. The van der Waals surface area contributed by atoms with Crippen LogP contribution in [0.5, 0.6) is 5.75 Å². The smallest absolute Gasteiger partial charge is 0.293 e. The number of hydrogen-bond acceptors (Lipinski definition) is 6. The van der Waals surface area contributed by atoms with E-state index >= 15 is 0 Å². The van der Waals surface area contributed by atoms with Gasteiger partial charge in [0.2, 0.25) is 11.7 Å². The average molecular weight is 403 g/mol. The van der Waals surface area contributed by atoms with Gasteiger partial charge in [-0.05, 0) is 18.9 Å². The van der Waals surface area contributed by atoms with Crippen molar-refractivity contribution in [2.75, 3.05) is 19.6 Å². The van der Waals surface area contributed by atoms with Crippen molar-refractivity contribution in [1.29, 1.82) is 0 Å². The second-order valence-electron chi connectivity index (χ2n) is 6.73. The summed E-state index contributed by atoms with van der Waals surface area (Å²) in [5.74, 6) is 0.464. The first-order valence-electron chi connectivity index (χ1n) is 9.99. The summed E-state index contributed by atoms with van der Waals surface area (Å²) in [4.78, 5) is 42.7. The van der Waals surface area contributed by atoms with E-state index in [-0.39, 0.29) is 11.6 Å². The van der Waals surface area contributed by atoms with Crippen molar-refractivity contribution in [3.8, 4) is 5.75 Å². The second kappa shape index (κ2) is 11.0. The maximum Gasteiger partial charge on any atom is 0.293 e. The van der Waals surface area contributed by atoms with Crippen molar-refractivity contribution in [1.82, 2.24) is 25.5 Å². The molecule has 3 heterocycles. The van der Waals surface area contributed by atoms with Crippen LogP contribution in [0.3, 0.4) is 0 Å². The fraction of sp³-hybridized carbons (Fsp3) is 0.500. The molecule has 1 aromatic rings. The third kappa shape index (κ3) is 6.20. The molecule has 9 nitrogen and oxygen atoms in total. The standard InChI is InChI=1S/C12H19N3O3.C8H10N2O/c1-3-5-6-8-14-9(10(16)12(18)15-8)11(17)13-7-4-2;11-8-4-5-9-7-3-1-2-6-10(7)8/h16H,3-7H2,1-2H3,(H,13,17)(H,14,15,18);1-3,9H,4-6H2. The maximum absolute atomic E-state index is 11.7. The number of nitrogens with one attached hydrogen (secondary N) is 3. The first kappa shape index (κ1) is 22.2. The second-order valence-corrected chi connectivity index (χ2v) is 6.73. The number of H-pyrrole nitrogens is 1. The molecule has 9 heteroatoms. The monoisotopic (exact) mass is 403 g/mol. The van der Waals surface area contributed by atoms with Crippen LogP contribution in [0.4, 0.5) is 0 Å². The Morgan fingerprint density at radius 3 is 2.79 bits per heavy atom. The number of amides is 2. The third-order valence-electron chi connectivity index (χ3n) is 4.38. The summed E-state index contributed by atoms with van der Waals surface area (Å²) < 4.78 is 0. The summed E-state index contributed by atoms with van der Waals surface area (Å²) in [6.07, 6.45) is 9.68. The van der Waals surface area contributed by atoms with Gasteiger partial charge in [0.1, 0.15) is 11.6 Å². The number of rotatable bonds is 6. The number of aryl methyl sites for hydroxylation is 1. The number of carbonyl (C=O) groups excluding carboxylic acids is 2.